The summed E-state index contributed by atoms with van der Waals surface area (Å²) >= 11 is 0. The topological polar surface area (TPSA) is 17.1 Å². The summed E-state index contributed by atoms with van der Waals surface area (Å²) in [6.07, 6.45) is 0. The highest BCUT2D eigenvalue weighted by Gasteiger charge is 2.10. The second-order valence-corrected chi connectivity index (χ2v) is 8.25. The fraction of sp³-hybridized carbons (Fsp3) is 0.0312. The summed E-state index contributed by atoms with van der Waals surface area (Å²) in [5.41, 5.74) is 9.68. The van der Waals surface area contributed by atoms with Gasteiger partial charge in [0.1, 0.15) is 0 Å². The van der Waals surface area contributed by atoms with E-state index in [-0.39, 0.29) is 5.78 Å². The van der Waals surface area contributed by atoms with E-state index in [2.05, 4.69) is 103 Å². The number of Topliss-reactive ketones (excluding diaryl/α,β-unsaturated/α-hetero) is 1. The quantitative estimate of drug-likeness (QED) is 0.258. The Morgan fingerprint density at radius 1 is 0.394 bits per heavy atom. The van der Waals surface area contributed by atoms with Crippen LogP contribution in [0.3, 0.4) is 0 Å². The second kappa shape index (κ2) is 9.10. The third-order valence-electron chi connectivity index (χ3n) is 5.95. The van der Waals surface area contributed by atoms with Crippen molar-refractivity contribution in [3.8, 4) is 44.5 Å². The highest BCUT2D eigenvalue weighted by Crippen LogP contribution is 2.33. The first-order valence-corrected chi connectivity index (χ1v) is 11.2. The van der Waals surface area contributed by atoms with Gasteiger partial charge in [0, 0.05) is 5.56 Å². The Labute approximate surface area is 195 Å². The van der Waals surface area contributed by atoms with Crippen LogP contribution < -0.4 is 0 Å². The normalized spacial score (nSPS) is 10.7. The summed E-state index contributed by atoms with van der Waals surface area (Å²) < 4.78 is 0. The van der Waals surface area contributed by atoms with Crippen molar-refractivity contribution >= 4 is 5.78 Å². The molecular weight excluding hydrogens is 400 g/mol. The van der Waals surface area contributed by atoms with E-state index < -0.39 is 0 Å². The molecule has 1 heteroatoms. The average molecular weight is 425 g/mol. The van der Waals surface area contributed by atoms with E-state index in [0.717, 1.165) is 38.9 Å². The molecular formula is C32H24O. The van der Waals surface area contributed by atoms with Gasteiger partial charge in [0.25, 0.3) is 0 Å². The Kier molecular flexibility index (Phi) is 5.70. The maximum atomic E-state index is 12.4. The maximum absolute atomic E-state index is 12.4. The fourth-order valence-electron chi connectivity index (χ4n) is 4.18. The van der Waals surface area contributed by atoms with E-state index in [1.165, 1.54) is 11.1 Å². The largest absolute Gasteiger partial charge is 0.295 e. The van der Waals surface area contributed by atoms with Gasteiger partial charge in [-0.05, 0) is 81.8 Å². The van der Waals surface area contributed by atoms with Gasteiger partial charge in [-0.25, -0.2) is 0 Å². The second-order valence-electron chi connectivity index (χ2n) is 8.25. The van der Waals surface area contributed by atoms with E-state index in [9.17, 15) is 4.79 Å². The summed E-state index contributed by atoms with van der Waals surface area (Å²) in [6, 6.07) is 43.9. The Balaban J connectivity index is 1.61. The minimum absolute atomic E-state index is 0.0662. The van der Waals surface area contributed by atoms with Crippen LogP contribution >= 0.6 is 0 Å². The summed E-state index contributed by atoms with van der Waals surface area (Å²) in [4.78, 5) is 12.4. The molecule has 0 atom stereocenters. The van der Waals surface area contributed by atoms with Gasteiger partial charge in [-0.2, -0.15) is 0 Å². The van der Waals surface area contributed by atoms with Gasteiger partial charge in [-0.15, -0.1) is 0 Å². The molecule has 0 bridgehead atoms. The zero-order valence-corrected chi connectivity index (χ0v) is 18.5. The molecule has 0 N–H and O–H groups in total. The molecule has 5 aromatic rings. The van der Waals surface area contributed by atoms with Crippen LogP contribution in [0.2, 0.25) is 0 Å². The maximum Gasteiger partial charge on any atom is 0.159 e. The van der Waals surface area contributed by atoms with Crippen molar-refractivity contribution in [3.05, 3.63) is 133 Å². The molecule has 5 aromatic carbocycles. The zero-order valence-electron chi connectivity index (χ0n) is 18.5. The fourth-order valence-corrected chi connectivity index (χ4v) is 4.18. The standard InChI is InChI=1S/C32H24O/c1-23(33)30-20-31(28-16-8-14-26(18-28)24-10-4-2-5-11-24)22-32(21-30)29-17-9-15-27(19-29)25-12-6-3-7-13-25/h2-22H,1H3. The van der Waals surface area contributed by atoms with Crippen LogP contribution in [-0.2, 0) is 0 Å². The van der Waals surface area contributed by atoms with Crippen molar-refractivity contribution in [1.29, 1.82) is 0 Å². The van der Waals surface area contributed by atoms with Crippen molar-refractivity contribution in [2.24, 2.45) is 0 Å². The lowest BCUT2D eigenvalue weighted by molar-refractivity contribution is 0.101. The van der Waals surface area contributed by atoms with Gasteiger partial charge in [-0.3, -0.25) is 4.79 Å². The number of carbonyl (C=O) groups is 1. The summed E-state index contributed by atoms with van der Waals surface area (Å²) in [5.74, 6) is 0.0662. The van der Waals surface area contributed by atoms with Crippen LogP contribution in [0.5, 0.6) is 0 Å². The van der Waals surface area contributed by atoms with Crippen LogP contribution in [0, 0.1) is 0 Å². The van der Waals surface area contributed by atoms with Gasteiger partial charge < -0.3 is 0 Å². The molecule has 0 aliphatic rings. The number of rotatable bonds is 5. The SMILES string of the molecule is CC(=O)c1cc(-c2cccc(-c3ccccc3)c2)cc(-c2cccc(-c3ccccc3)c2)c1. The zero-order chi connectivity index (χ0) is 22.6. The van der Waals surface area contributed by atoms with Crippen LogP contribution in [0.1, 0.15) is 17.3 Å². The van der Waals surface area contributed by atoms with E-state index in [0.29, 0.717) is 0 Å². The molecule has 158 valence electrons. The molecule has 0 unspecified atom stereocenters. The first kappa shape index (κ1) is 20.7. The van der Waals surface area contributed by atoms with Crippen LogP contribution in [0.25, 0.3) is 44.5 Å². The van der Waals surface area contributed by atoms with Gasteiger partial charge in [0.05, 0.1) is 0 Å². The Morgan fingerprint density at radius 3 is 1.12 bits per heavy atom. The Morgan fingerprint density at radius 2 is 0.727 bits per heavy atom. The number of hydrogen-bond acceptors (Lipinski definition) is 1. The monoisotopic (exact) mass is 424 g/mol. The predicted octanol–water partition coefficient (Wildman–Crippen LogP) is 8.56. The number of benzene rings is 5. The number of carbonyl (C=O) groups excluding carboxylic acids is 1. The van der Waals surface area contributed by atoms with Crippen molar-refractivity contribution in [3.63, 3.8) is 0 Å². The molecule has 0 saturated heterocycles. The summed E-state index contributed by atoms with van der Waals surface area (Å²) in [6.45, 7) is 1.63. The highest BCUT2D eigenvalue weighted by molar-refractivity contribution is 5.97. The van der Waals surface area contributed by atoms with Gasteiger partial charge >= 0.3 is 0 Å². The van der Waals surface area contributed by atoms with Crippen molar-refractivity contribution in [2.75, 3.05) is 0 Å². The molecule has 0 aliphatic heterocycles. The van der Waals surface area contributed by atoms with Crippen molar-refractivity contribution in [1.82, 2.24) is 0 Å². The first-order valence-electron chi connectivity index (χ1n) is 11.2. The predicted molar refractivity (Wildman–Crippen MR) is 138 cm³/mol. The lowest BCUT2D eigenvalue weighted by Crippen LogP contribution is -1.94. The van der Waals surface area contributed by atoms with Gasteiger partial charge in [0.2, 0.25) is 0 Å². The molecule has 33 heavy (non-hydrogen) atoms. The molecule has 0 aliphatic carbocycles. The smallest absolute Gasteiger partial charge is 0.159 e. The number of ketones is 1. The van der Waals surface area contributed by atoms with Gasteiger partial charge in [0.15, 0.2) is 5.78 Å². The van der Waals surface area contributed by atoms with E-state index >= 15 is 0 Å². The van der Waals surface area contributed by atoms with E-state index in [1.54, 1.807) is 6.92 Å². The minimum Gasteiger partial charge on any atom is -0.295 e. The molecule has 1 nitrogen and oxygen atoms in total. The van der Waals surface area contributed by atoms with E-state index in [1.807, 2.05) is 24.3 Å². The lowest BCUT2D eigenvalue weighted by atomic mass is 9.92. The molecule has 0 aromatic heterocycles. The van der Waals surface area contributed by atoms with Crippen LogP contribution in [-0.4, -0.2) is 5.78 Å². The minimum atomic E-state index is 0.0662. The molecule has 0 amide bonds. The van der Waals surface area contributed by atoms with Gasteiger partial charge in [-0.1, -0.05) is 97.1 Å². The van der Waals surface area contributed by atoms with Crippen molar-refractivity contribution < 1.29 is 4.79 Å². The molecule has 0 radical (unpaired) electrons. The van der Waals surface area contributed by atoms with E-state index in [4.69, 9.17) is 0 Å². The third-order valence-corrected chi connectivity index (χ3v) is 5.95. The lowest BCUT2D eigenvalue weighted by Gasteiger charge is -2.12. The summed E-state index contributed by atoms with van der Waals surface area (Å²) in [5, 5.41) is 0. The molecule has 5 rings (SSSR count). The molecule has 0 heterocycles. The Hall–Kier alpha value is -4.23. The molecule has 0 saturated carbocycles. The summed E-state index contributed by atoms with van der Waals surface area (Å²) in [7, 11) is 0. The molecule has 0 spiro atoms. The molecule has 0 fully saturated rings. The number of hydrogen-bond donors (Lipinski definition) is 0. The highest BCUT2D eigenvalue weighted by atomic mass is 16.1. The first-order chi connectivity index (χ1) is 16.2. The van der Waals surface area contributed by atoms with Crippen LogP contribution in [0.15, 0.2) is 127 Å². The van der Waals surface area contributed by atoms with Crippen molar-refractivity contribution in [2.45, 2.75) is 6.92 Å². The Bertz CT molecular complexity index is 1310. The third kappa shape index (κ3) is 4.53. The van der Waals surface area contributed by atoms with Crippen LogP contribution in [0.4, 0.5) is 0 Å². The average Bonchev–Trinajstić information content (AvgIpc) is 2.89.